The summed E-state index contributed by atoms with van der Waals surface area (Å²) in [6, 6.07) is 11.1. The zero-order valence-electron chi connectivity index (χ0n) is 14.2. The molecule has 27 heavy (non-hydrogen) atoms. The summed E-state index contributed by atoms with van der Waals surface area (Å²) in [5.74, 6) is -1.47. The highest BCUT2D eigenvalue weighted by molar-refractivity contribution is 8.00. The number of carbonyl (C=O) groups excluding carboxylic acids is 1. The smallest absolute Gasteiger partial charge is 0.235 e. The predicted molar refractivity (Wildman–Crippen MR) is 103 cm³/mol. The second-order valence-electron chi connectivity index (χ2n) is 6.12. The summed E-state index contributed by atoms with van der Waals surface area (Å²) in [4.78, 5) is 12.3. The summed E-state index contributed by atoms with van der Waals surface area (Å²) >= 11 is 7.20. The van der Waals surface area contributed by atoms with E-state index < -0.39 is 16.9 Å². The quantitative estimate of drug-likeness (QED) is 0.660. The van der Waals surface area contributed by atoms with Gasteiger partial charge in [0, 0.05) is 16.1 Å². The monoisotopic (exact) mass is 405 g/mol. The van der Waals surface area contributed by atoms with Gasteiger partial charge in [-0.1, -0.05) is 23.7 Å². The van der Waals surface area contributed by atoms with Crippen molar-refractivity contribution in [1.29, 1.82) is 0 Å². The van der Waals surface area contributed by atoms with Gasteiger partial charge in [-0.15, -0.1) is 11.8 Å². The van der Waals surface area contributed by atoms with Crippen molar-refractivity contribution in [3.8, 4) is 5.69 Å². The topological polar surface area (TPSA) is 46.9 Å². The molecule has 0 aliphatic carbocycles. The Bertz CT molecular complexity index is 1040. The molecule has 0 spiro atoms. The number of hydrogen-bond donors (Lipinski definition) is 1. The number of anilines is 1. The van der Waals surface area contributed by atoms with E-state index in [4.69, 9.17) is 11.6 Å². The van der Waals surface area contributed by atoms with E-state index in [-0.39, 0.29) is 17.2 Å². The zero-order valence-corrected chi connectivity index (χ0v) is 15.7. The number of aromatic nitrogens is 2. The number of aryl methyl sites for hydroxylation is 1. The van der Waals surface area contributed by atoms with Gasteiger partial charge >= 0.3 is 0 Å². The minimum atomic E-state index is -0.916. The zero-order chi connectivity index (χ0) is 19.1. The van der Waals surface area contributed by atoms with Crippen molar-refractivity contribution >= 4 is 35.1 Å². The Balaban J connectivity index is 1.91. The van der Waals surface area contributed by atoms with Crippen LogP contribution in [0.3, 0.4) is 0 Å². The number of benzene rings is 2. The van der Waals surface area contributed by atoms with Crippen LogP contribution >= 0.6 is 23.4 Å². The van der Waals surface area contributed by atoms with Gasteiger partial charge in [-0.2, -0.15) is 5.10 Å². The van der Waals surface area contributed by atoms with Crippen LogP contribution in [0, 0.1) is 18.6 Å². The molecular formula is C19H14ClF2N3OS. The molecule has 1 amide bonds. The largest absolute Gasteiger partial charge is 0.310 e. The maximum Gasteiger partial charge on any atom is 0.235 e. The van der Waals surface area contributed by atoms with E-state index in [0.29, 0.717) is 27.8 Å². The number of thioether (sulfide) groups is 1. The minimum absolute atomic E-state index is 0.120. The first-order valence-electron chi connectivity index (χ1n) is 8.16. The molecule has 0 saturated heterocycles. The maximum absolute atomic E-state index is 14.5. The molecule has 3 aromatic rings. The van der Waals surface area contributed by atoms with Crippen LogP contribution in [-0.4, -0.2) is 21.4 Å². The molecule has 4 nitrogen and oxygen atoms in total. The Labute approximate surface area is 163 Å². The molecule has 0 fully saturated rings. The van der Waals surface area contributed by atoms with Gasteiger partial charge in [0.25, 0.3) is 0 Å². The number of rotatable bonds is 2. The van der Waals surface area contributed by atoms with E-state index in [2.05, 4.69) is 10.4 Å². The molecule has 0 bridgehead atoms. The SMILES string of the molecule is Cc1nn(-c2ccc(Cl)cc2)c2c1[C@@H](c1cccc(F)c1F)SCC(=O)N2. The fraction of sp³-hybridized carbons (Fsp3) is 0.158. The van der Waals surface area contributed by atoms with Crippen LogP contribution in [0.15, 0.2) is 42.5 Å². The van der Waals surface area contributed by atoms with E-state index in [9.17, 15) is 13.6 Å². The fourth-order valence-corrected chi connectivity index (χ4v) is 4.45. The second-order valence-corrected chi connectivity index (χ2v) is 7.65. The van der Waals surface area contributed by atoms with Gasteiger partial charge in [-0.3, -0.25) is 4.79 Å². The maximum atomic E-state index is 14.5. The standard InChI is InChI=1S/C19H14ClF2N3OS/c1-10-16-18(13-3-2-4-14(21)17(13)22)27-9-15(26)23-19(16)25(24-10)12-7-5-11(20)6-8-12/h2-8,18H,9H2,1H3,(H,23,26)/t18-/m1/s1. The molecule has 1 aliphatic heterocycles. The summed E-state index contributed by atoms with van der Waals surface area (Å²) in [6.07, 6.45) is 0. The van der Waals surface area contributed by atoms with Gasteiger partial charge in [0.2, 0.25) is 5.91 Å². The van der Waals surface area contributed by atoms with Crippen molar-refractivity contribution in [2.24, 2.45) is 0 Å². The molecule has 1 aliphatic rings. The molecule has 138 valence electrons. The number of amides is 1. The van der Waals surface area contributed by atoms with Gasteiger partial charge in [-0.05, 0) is 37.3 Å². The summed E-state index contributed by atoms with van der Waals surface area (Å²) < 4.78 is 29.9. The Hall–Kier alpha value is -2.38. The third kappa shape index (κ3) is 3.21. The lowest BCUT2D eigenvalue weighted by atomic mass is 10.0. The van der Waals surface area contributed by atoms with Crippen molar-refractivity contribution < 1.29 is 13.6 Å². The molecule has 1 atom stereocenters. The van der Waals surface area contributed by atoms with Crippen molar-refractivity contribution in [1.82, 2.24) is 9.78 Å². The minimum Gasteiger partial charge on any atom is -0.310 e. The second kappa shape index (κ2) is 6.98. The lowest BCUT2D eigenvalue weighted by molar-refractivity contribution is -0.113. The fourth-order valence-electron chi connectivity index (χ4n) is 3.12. The number of carbonyl (C=O) groups is 1. The highest BCUT2D eigenvalue weighted by Gasteiger charge is 2.32. The highest BCUT2D eigenvalue weighted by Crippen LogP contribution is 2.44. The predicted octanol–water partition coefficient (Wildman–Crippen LogP) is 4.89. The third-order valence-electron chi connectivity index (χ3n) is 4.34. The van der Waals surface area contributed by atoms with Gasteiger partial charge in [-0.25, -0.2) is 13.5 Å². The molecule has 0 saturated carbocycles. The first kappa shape index (κ1) is 18.0. The van der Waals surface area contributed by atoms with E-state index >= 15 is 0 Å². The van der Waals surface area contributed by atoms with Crippen molar-refractivity contribution in [3.05, 3.63) is 75.9 Å². The van der Waals surface area contributed by atoms with Crippen LogP contribution in [-0.2, 0) is 4.79 Å². The summed E-state index contributed by atoms with van der Waals surface area (Å²) in [6.45, 7) is 1.79. The third-order valence-corrected chi connectivity index (χ3v) is 5.85. The lowest BCUT2D eigenvalue weighted by Crippen LogP contribution is -2.15. The van der Waals surface area contributed by atoms with Gasteiger partial charge in [0.1, 0.15) is 5.82 Å². The summed E-state index contributed by atoms with van der Waals surface area (Å²) in [5, 5.41) is 7.39. The number of halogens is 3. The van der Waals surface area contributed by atoms with Crippen LogP contribution in [0.2, 0.25) is 5.02 Å². The molecule has 0 unspecified atom stereocenters. The molecular weight excluding hydrogens is 392 g/mol. The van der Waals surface area contributed by atoms with Gasteiger partial charge in [0.15, 0.2) is 11.6 Å². The molecule has 2 heterocycles. The van der Waals surface area contributed by atoms with Crippen LogP contribution < -0.4 is 5.32 Å². The van der Waals surface area contributed by atoms with Crippen molar-refractivity contribution in [3.63, 3.8) is 0 Å². The average Bonchev–Trinajstić information content (AvgIpc) is 2.84. The van der Waals surface area contributed by atoms with E-state index in [1.54, 1.807) is 35.9 Å². The highest BCUT2D eigenvalue weighted by atomic mass is 35.5. The summed E-state index contributed by atoms with van der Waals surface area (Å²) in [5.41, 5.74) is 2.18. The van der Waals surface area contributed by atoms with Gasteiger partial charge < -0.3 is 5.32 Å². The molecule has 1 aromatic heterocycles. The van der Waals surface area contributed by atoms with Crippen LogP contribution in [0.1, 0.15) is 22.1 Å². The Kier molecular flexibility index (Phi) is 4.65. The van der Waals surface area contributed by atoms with E-state index in [1.807, 2.05) is 0 Å². The van der Waals surface area contributed by atoms with Crippen LogP contribution in [0.4, 0.5) is 14.6 Å². The normalized spacial score (nSPS) is 16.6. The van der Waals surface area contributed by atoms with Crippen LogP contribution in [0.25, 0.3) is 5.69 Å². The van der Waals surface area contributed by atoms with E-state index in [1.165, 1.54) is 23.9 Å². The number of hydrogen-bond acceptors (Lipinski definition) is 3. The van der Waals surface area contributed by atoms with Crippen molar-refractivity contribution in [2.45, 2.75) is 12.2 Å². The van der Waals surface area contributed by atoms with Crippen LogP contribution in [0.5, 0.6) is 0 Å². The van der Waals surface area contributed by atoms with Gasteiger partial charge in [0.05, 0.1) is 22.4 Å². The first-order chi connectivity index (χ1) is 13.0. The van der Waals surface area contributed by atoms with Crippen molar-refractivity contribution in [2.75, 3.05) is 11.1 Å². The molecule has 2 aromatic carbocycles. The molecule has 4 rings (SSSR count). The number of nitrogens with one attached hydrogen (secondary N) is 1. The van der Waals surface area contributed by atoms with E-state index in [0.717, 1.165) is 6.07 Å². The summed E-state index contributed by atoms with van der Waals surface area (Å²) in [7, 11) is 0. The number of nitrogens with zero attached hydrogens (tertiary/aromatic N) is 2. The Morgan fingerprint density at radius 1 is 1.22 bits per heavy atom. The molecule has 8 heteroatoms. The lowest BCUT2D eigenvalue weighted by Gasteiger charge is -2.16. The molecule has 1 N–H and O–H groups in total. The first-order valence-corrected chi connectivity index (χ1v) is 9.59. The Morgan fingerprint density at radius 2 is 1.96 bits per heavy atom. The Morgan fingerprint density at radius 3 is 2.70 bits per heavy atom. The average molecular weight is 406 g/mol. The number of fused-ring (bicyclic) bond motifs is 1. The molecule has 0 radical (unpaired) electrons.